The van der Waals surface area contributed by atoms with Crippen LogP contribution in [0.3, 0.4) is 0 Å². The van der Waals surface area contributed by atoms with E-state index in [1.807, 2.05) is 34.6 Å². The maximum absolute atomic E-state index is 12.3. The van der Waals surface area contributed by atoms with Crippen LogP contribution in [-0.2, 0) is 11.0 Å². The van der Waals surface area contributed by atoms with E-state index in [1.54, 1.807) is 6.07 Å². The number of rotatable bonds is 3. The van der Waals surface area contributed by atoms with Gasteiger partial charge in [-0.3, -0.25) is 4.31 Å². The highest BCUT2D eigenvalue weighted by Gasteiger charge is 2.31. The predicted octanol–water partition coefficient (Wildman–Crippen LogP) is 4.61. The minimum atomic E-state index is -4.71. The summed E-state index contributed by atoms with van der Waals surface area (Å²) in [5, 5.41) is 0.791. The van der Waals surface area contributed by atoms with Crippen LogP contribution in [0.4, 0.5) is 18.9 Å². The molecule has 3 aromatic rings. The lowest BCUT2D eigenvalue weighted by molar-refractivity contribution is -0.274. The molecule has 4 nitrogen and oxygen atoms in total. The SMILES string of the molecule is O=S1CCCN1c1ccc(-c2cc3ccc(OC(F)(F)F)cc3[nH]2)cc1. The zero-order chi connectivity index (χ0) is 18.3. The van der Waals surface area contributed by atoms with Crippen molar-refractivity contribution >= 4 is 27.6 Å². The Labute approximate surface area is 150 Å². The number of ether oxygens (including phenoxy) is 1. The third kappa shape index (κ3) is 3.41. The molecule has 0 bridgehead atoms. The molecule has 2 heterocycles. The number of hydrogen-bond acceptors (Lipinski definition) is 2. The fourth-order valence-corrected chi connectivity index (χ4v) is 4.34. The van der Waals surface area contributed by atoms with Crippen molar-refractivity contribution in [2.24, 2.45) is 0 Å². The number of anilines is 1. The van der Waals surface area contributed by atoms with Gasteiger partial charge in [0, 0.05) is 40.6 Å². The van der Waals surface area contributed by atoms with E-state index in [-0.39, 0.29) is 5.75 Å². The van der Waals surface area contributed by atoms with Crippen LogP contribution >= 0.6 is 0 Å². The number of hydrogen-bond donors (Lipinski definition) is 1. The quantitative estimate of drug-likeness (QED) is 0.721. The first-order valence-corrected chi connectivity index (χ1v) is 9.32. The number of alkyl halides is 3. The van der Waals surface area contributed by atoms with Crippen molar-refractivity contribution in [1.29, 1.82) is 0 Å². The van der Waals surface area contributed by atoms with Crippen molar-refractivity contribution in [1.82, 2.24) is 4.98 Å². The Morgan fingerprint density at radius 3 is 2.50 bits per heavy atom. The van der Waals surface area contributed by atoms with Crippen LogP contribution in [-0.4, -0.2) is 27.9 Å². The van der Waals surface area contributed by atoms with Crippen LogP contribution in [0.2, 0.25) is 0 Å². The van der Waals surface area contributed by atoms with Gasteiger partial charge in [0.2, 0.25) is 0 Å². The van der Waals surface area contributed by atoms with Gasteiger partial charge in [0.05, 0.1) is 0 Å². The molecule has 26 heavy (non-hydrogen) atoms. The summed E-state index contributed by atoms with van der Waals surface area (Å²) in [6.07, 6.45) is -3.80. The molecule has 1 aliphatic rings. The lowest BCUT2D eigenvalue weighted by atomic mass is 10.1. The Kier molecular flexibility index (Phi) is 4.14. The standard InChI is InChI=1S/C18H15F3N2O2S/c19-18(20,21)25-15-7-4-13-10-16(22-17(13)11-15)12-2-5-14(6-3-12)23-8-1-9-26(23)24/h2-7,10-11,22H,1,8-9H2. The van der Waals surface area contributed by atoms with Crippen molar-refractivity contribution in [2.75, 3.05) is 16.6 Å². The van der Waals surface area contributed by atoms with Crippen LogP contribution in [0.15, 0.2) is 48.5 Å². The van der Waals surface area contributed by atoms with Crippen molar-refractivity contribution in [2.45, 2.75) is 12.8 Å². The molecular formula is C18H15F3N2O2S. The summed E-state index contributed by atoms with van der Waals surface area (Å²) in [5.74, 6) is 0.428. The number of aromatic amines is 1. The number of nitrogens with one attached hydrogen (secondary N) is 1. The molecule has 1 N–H and O–H groups in total. The first-order chi connectivity index (χ1) is 12.4. The summed E-state index contributed by atoms with van der Waals surface area (Å²) in [6.45, 7) is 0.778. The number of H-pyrrole nitrogens is 1. The Hall–Kier alpha value is -2.48. The molecule has 0 spiro atoms. The van der Waals surface area contributed by atoms with Gasteiger partial charge in [0.1, 0.15) is 16.7 Å². The van der Waals surface area contributed by atoms with Crippen molar-refractivity contribution < 1.29 is 22.1 Å². The summed E-state index contributed by atoms with van der Waals surface area (Å²) < 4.78 is 54.8. The van der Waals surface area contributed by atoms with Crippen LogP contribution in [0, 0.1) is 0 Å². The van der Waals surface area contributed by atoms with Crippen molar-refractivity contribution in [3.63, 3.8) is 0 Å². The third-order valence-corrected chi connectivity index (χ3v) is 5.74. The van der Waals surface area contributed by atoms with E-state index < -0.39 is 17.3 Å². The number of fused-ring (bicyclic) bond motifs is 1. The second-order valence-corrected chi connectivity index (χ2v) is 7.50. The van der Waals surface area contributed by atoms with E-state index in [1.165, 1.54) is 12.1 Å². The van der Waals surface area contributed by atoms with Gasteiger partial charge in [-0.05, 0) is 42.3 Å². The highest BCUT2D eigenvalue weighted by Crippen LogP contribution is 2.31. The molecule has 1 unspecified atom stereocenters. The minimum absolute atomic E-state index is 0.259. The Bertz CT molecular complexity index is 967. The van der Waals surface area contributed by atoms with Crippen LogP contribution < -0.4 is 9.04 Å². The second kappa shape index (κ2) is 6.35. The lowest BCUT2D eigenvalue weighted by Gasteiger charge is -2.15. The molecule has 0 aliphatic carbocycles. The Morgan fingerprint density at radius 2 is 1.85 bits per heavy atom. The topological polar surface area (TPSA) is 45.3 Å². The first-order valence-electron chi connectivity index (χ1n) is 8.04. The molecule has 2 aromatic carbocycles. The molecule has 1 fully saturated rings. The average Bonchev–Trinajstić information content (AvgIpc) is 3.19. The number of nitrogens with zero attached hydrogens (tertiary/aromatic N) is 1. The largest absolute Gasteiger partial charge is 0.573 e. The molecule has 136 valence electrons. The smallest absolute Gasteiger partial charge is 0.406 e. The van der Waals surface area contributed by atoms with Crippen LogP contribution in [0.1, 0.15) is 6.42 Å². The van der Waals surface area contributed by atoms with Crippen molar-refractivity contribution in [3.8, 4) is 17.0 Å². The Morgan fingerprint density at radius 1 is 1.08 bits per heavy atom. The number of benzene rings is 2. The van der Waals surface area contributed by atoms with Gasteiger partial charge in [0.15, 0.2) is 0 Å². The van der Waals surface area contributed by atoms with Crippen LogP contribution in [0.25, 0.3) is 22.2 Å². The minimum Gasteiger partial charge on any atom is -0.406 e. The van der Waals surface area contributed by atoms with Crippen molar-refractivity contribution in [3.05, 3.63) is 48.5 Å². The monoisotopic (exact) mass is 380 g/mol. The molecule has 1 atom stereocenters. The normalized spacial score (nSPS) is 17.8. The highest BCUT2D eigenvalue weighted by molar-refractivity contribution is 7.86. The third-order valence-electron chi connectivity index (χ3n) is 4.22. The molecule has 8 heteroatoms. The summed E-state index contributed by atoms with van der Waals surface area (Å²) in [7, 11) is -0.967. The Balaban J connectivity index is 1.61. The van der Waals surface area contributed by atoms with E-state index in [0.29, 0.717) is 11.3 Å². The van der Waals surface area contributed by atoms with E-state index in [2.05, 4.69) is 9.72 Å². The summed E-state index contributed by atoms with van der Waals surface area (Å²) in [4.78, 5) is 3.11. The van der Waals surface area contributed by atoms with Crippen LogP contribution in [0.5, 0.6) is 5.75 Å². The summed E-state index contributed by atoms with van der Waals surface area (Å²) >= 11 is 0. The van der Waals surface area contributed by atoms with E-state index >= 15 is 0 Å². The zero-order valence-corrected chi connectivity index (χ0v) is 14.4. The first kappa shape index (κ1) is 17.0. The summed E-state index contributed by atoms with van der Waals surface area (Å²) in [6, 6.07) is 13.7. The molecule has 4 rings (SSSR count). The molecule has 0 amide bonds. The molecule has 1 aliphatic heterocycles. The molecular weight excluding hydrogens is 365 g/mol. The fraction of sp³-hybridized carbons (Fsp3) is 0.222. The van der Waals surface area contributed by atoms with Gasteiger partial charge in [-0.25, -0.2) is 4.21 Å². The molecule has 0 saturated carbocycles. The van der Waals surface area contributed by atoms with Gasteiger partial charge in [-0.1, -0.05) is 12.1 Å². The van der Waals surface area contributed by atoms with Gasteiger partial charge >= 0.3 is 6.36 Å². The van der Waals surface area contributed by atoms with Gasteiger partial charge in [-0.15, -0.1) is 13.2 Å². The number of aromatic nitrogens is 1. The average molecular weight is 380 g/mol. The lowest BCUT2D eigenvalue weighted by Crippen LogP contribution is -2.19. The van der Waals surface area contributed by atoms with E-state index in [0.717, 1.165) is 35.3 Å². The molecule has 0 radical (unpaired) electrons. The van der Waals surface area contributed by atoms with E-state index in [9.17, 15) is 17.4 Å². The summed E-state index contributed by atoms with van der Waals surface area (Å²) in [5.41, 5.74) is 3.15. The maximum Gasteiger partial charge on any atom is 0.573 e. The fourth-order valence-electron chi connectivity index (χ4n) is 3.06. The molecule has 1 aromatic heterocycles. The maximum atomic E-state index is 12.3. The predicted molar refractivity (Wildman–Crippen MR) is 95.4 cm³/mol. The van der Waals surface area contributed by atoms with E-state index in [4.69, 9.17) is 0 Å². The highest BCUT2D eigenvalue weighted by atomic mass is 32.2. The second-order valence-electron chi connectivity index (χ2n) is 6.01. The number of halogens is 3. The zero-order valence-electron chi connectivity index (χ0n) is 13.5. The van der Waals surface area contributed by atoms with Gasteiger partial charge < -0.3 is 9.72 Å². The van der Waals surface area contributed by atoms with Gasteiger partial charge in [0.25, 0.3) is 0 Å². The molecule has 1 saturated heterocycles. The van der Waals surface area contributed by atoms with Gasteiger partial charge in [-0.2, -0.15) is 0 Å².